The van der Waals surface area contributed by atoms with Crippen LogP contribution in [0.25, 0.3) is 39.3 Å². The first kappa shape index (κ1) is 20.0. The molecule has 0 amide bonds. The summed E-state index contributed by atoms with van der Waals surface area (Å²) in [5, 5.41) is 4.59. The average Bonchev–Trinajstić information content (AvgIpc) is 3.18. The van der Waals surface area contributed by atoms with Gasteiger partial charge in [-0.25, -0.2) is 15.0 Å². The molecule has 6 rings (SSSR count). The maximum Gasteiger partial charge on any atom is 0.184 e. The number of aromatic nitrogens is 5. The summed E-state index contributed by atoms with van der Waals surface area (Å²) in [7, 11) is 0. The minimum atomic E-state index is -0.246. The van der Waals surface area contributed by atoms with E-state index in [4.69, 9.17) is 15.7 Å². The van der Waals surface area contributed by atoms with E-state index in [-0.39, 0.29) is 5.54 Å². The molecule has 0 atom stereocenters. The summed E-state index contributed by atoms with van der Waals surface area (Å²) in [6.45, 7) is 6.50. The molecule has 1 aliphatic rings. The molecule has 0 spiro atoms. The van der Waals surface area contributed by atoms with E-state index in [1.807, 2.05) is 31.2 Å². The van der Waals surface area contributed by atoms with E-state index in [0.29, 0.717) is 16.6 Å². The van der Waals surface area contributed by atoms with Crippen LogP contribution in [0.15, 0.2) is 66.9 Å². The summed E-state index contributed by atoms with van der Waals surface area (Å²) in [4.78, 5) is 14.6. The van der Waals surface area contributed by atoms with Gasteiger partial charge in [0, 0.05) is 22.7 Å². The first-order valence-corrected chi connectivity index (χ1v) is 11.3. The zero-order chi connectivity index (χ0) is 22.8. The van der Waals surface area contributed by atoms with Gasteiger partial charge in [-0.3, -0.25) is 0 Å². The summed E-state index contributed by atoms with van der Waals surface area (Å²) in [5.74, 6) is 0. The van der Waals surface area contributed by atoms with E-state index in [1.54, 1.807) is 10.7 Å². The van der Waals surface area contributed by atoms with E-state index in [9.17, 15) is 0 Å². The first-order chi connectivity index (χ1) is 15.8. The zero-order valence-electron chi connectivity index (χ0n) is 19.1. The highest BCUT2D eigenvalue weighted by Crippen LogP contribution is 2.52. The van der Waals surface area contributed by atoms with Crippen molar-refractivity contribution >= 4 is 16.8 Å². The van der Waals surface area contributed by atoms with Gasteiger partial charge in [0.15, 0.2) is 11.3 Å². The zero-order valence-corrected chi connectivity index (χ0v) is 19.1. The molecule has 1 saturated carbocycles. The Labute approximate surface area is 192 Å². The summed E-state index contributed by atoms with van der Waals surface area (Å²) in [6.07, 6.45) is 3.76. The third-order valence-electron chi connectivity index (χ3n) is 6.60. The Balaban J connectivity index is 1.53. The number of benzene rings is 2. The van der Waals surface area contributed by atoms with Gasteiger partial charge in [0.05, 0.1) is 23.3 Å². The topological polar surface area (TPSA) is 82.0 Å². The Morgan fingerprint density at radius 1 is 0.879 bits per heavy atom. The predicted octanol–water partition coefficient (Wildman–Crippen LogP) is 5.29. The second-order valence-corrected chi connectivity index (χ2v) is 10.1. The largest absolute Gasteiger partial charge is 0.321 e. The number of nitrogens with zero attached hydrogens (tertiary/aromatic N) is 5. The molecule has 164 valence electrons. The normalized spacial score (nSPS) is 16.7. The Hall–Kier alpha value is -3.64. The lowest BCUT2D eigenvalue weighted by atomic mass is 9.57. The van der Waals surface area contributed by atoms with Crippen LogP contribution in [0.4, 0.5) is 0 Å². The van der Waals surface area contributed by atoms with Gasteiger partial charge >= 0.3 is 0 Å². The summed E-state index contributed by atoms with van der Waals surface area (Å²) < 4.78 is 1.77. The molecule has 1 fully saturated rings. The molecule has 0 aliphatic heterocycles. The molecule has 0 unspecified atom stereocenters. The molecule has 6 nitrogen and oxygen atoms in total. The van der Waals surface area contributed by atoms with Crippen molar-refractivity contribution < 1.29 is 0 Å². The second-order valence-electron chi connectivity index (χ2n) is 10.1. The van der Waals surface area contributed by atoms with Crippen LogP contribution >= 0.6 is 0 Å². The number of nitrogens with two attached hydrogens (primary N) is 1. The van der Waals surface area contributed by atoms with Crippen molar-refractivity contribution in [3.63, 3.8) is 0 Å². The monoisotopic (exact) mass is 434 g/mol. The molecular weight excluding hydrogens is 408 g/mol. The Morgan fingerprint density at radius 3 is 2.24 bits per heavy atom. The average molecular weight is 435 g/mol. The van der Waals surface area contributed by atoms with Crippen LogP contribution in [0.3, 0.4) is 0 Å². The van der Waals surface area contributed by atoms with E-state index in [0.717, 1.165) is 46.7 Å². The minimum Gasteiger partial charge on any atom is -0.321 e. The molecule has 5 aromatic rings. The smallest absolute Gasteiger partial charge is 0.184 e. The van der Waals surface area contributed by atoms with Gasteiger partial charge < -0.3 is 5.73 Å². The number of aryl methyl sites for hydroxylation is 1. The molecule has 1 aliphatic carbocycles. The maximum atomic E-state index is 6.70. The fourth-order valence-electron chi connectivity index (χ4n) is 5.36. The van der Waals surface area contributed by atoms with E-state index >= 15 is 0 Å². The summed E-state index contributed by atoms with van der Waals surface area (Å²) in [6, 6.07) is 20.6. The van der Waals surface area contributed by atoms with Crippen molar-refractivity contribution in [1.29, 1.82) is 0 Å². The van der Waals surface area contributed by atoms with Crippen LogP contribution in [-0.2, 0) is 5.54 Å². The fraction of sp³-hybridized carbons (Fsp3) is 0.259. The van der Waals surface area contributed by atoms with Gasteiger partial charge in [0.2, 0.25) is 0 Å². The lowest BCUT2D eigenvalue weighted by Crippen LogP contribution is -2.53. The maximum absolute atomic E-state index is 6.70. The highest BCUT2D eigenvalue weighted by Gasteiger charge is 2.47. The molecular formula is C27H26N6. The third kappa shape index (κ3) is 3.29. The first-order valence-electron chi connectivity index (χ1n) is 11.3. The molecule has 2 aromatic carbocycles. The SMILES string of the molecule is Cc1cc2ncc3nc(-c4ccccc4)c(-c4ccc(C5(N)CC(C)(C)C5)cc4)nc3n2n1. The lowest BCUT2D eigenvalue weighted by Gasteiger charge is -2.51. The quantitative estimate of drug-likeness (QED) is 0.417. The Bertz CT molecular complexity index is 1490. The van der Waals surface area contributed by atoms with Gasteiger partial charge in [-0.1, -0.05) is 68.4 Å². The van der Waals surface area contributed by atoms with Crippen molar-refractivity contribution in [1.82, 2.24) is 24.6 Å². The number of fused-ring (bicyclic) bond motifs is 3. The number of hydrogen-bond acceptors (Lipinski definition) is 5. The van der Waals surface area contributed by atoms with Crippen molar-refractivity contribution in [2.45, 2.75) is 39.2 Å². The molecule has 2 N–H and O–H groups in total. The van der Waals surface area contributed by atoms with E-state index in [2.05, 4.69) is 60.3 Å². The Morgan fingerprint density at radius 2 is 1.55 bits per heavy atom. The van der Waals surface area contributed by atoms with Crippen LogP contribution < -0.4 is 5.73 Å². The molecule has 0 radical (unpaired) electrons. The third-order valence-corrected chi connectivity index (χ3v) is 6.60. The number of hydrogen-bond donors (Lipinski definition) is 1. The molecule has 3 aromatic heterocycles. The van der Waals surface area contributed by atoms with Gasteiger partial charge in [0.1, 0.15) is 5.52 Å². The van der Waals surface area contributed by atoms with Crippen LogP contribution in [0.1, 0.15) is 37.9 Å². The van der Waals surface area contributed by atoms with Crippen LogP contribution in [-0.4, -0.2) is 24.6 Å². The number of rotatable bonds is 3. The van der Waals surface area contributed by atoms with Crippen LogP contribution in [0.5, 0.6) is 0 Å². The lowest BCUT2D eigenvalue weighted by molar-refractivity contribution is 0.0618. The molecule has 0 bridgehead atoms. The van der Waals surface area contributed by atoms with Gasteiger partial charge in [-0.15, -0.1) is 0 Å². The molecule has 3 heterocycles. The summed E-state index contributed by atoms with van der Waals surface area (Å²) >= 11 is 0. The van der Waals surface area contributed by atoms with Crippen molar-refractivity contribution in [3.8, 4) is 22.5 Å². The molecule has 0 saturated heterocycles. The van der Waals surface area contributed by atoms with Crippen molar-refractivity contribution in [2.24, 2.45) is 11.1 Å². The van der Waals surface area contributed by atoms with Crippen molar-refractivity contribution in [2.75, 3.05) is 0 Å². The Kier molecular flexibility index (Phi) is 4.20. The van der Waals surface area contributed by atoms with Gasteiger partial charge in [0.25, 0.3) is 0 Å². The summed E-state index contributed by atoms with van der Waals surface area (Å²) in [5.41, 5.74) is 14.7. The fourth-order valence-corrected chi connectivity index (χ4v) is 5.36. The van der Waals surface area contributed by atoms with E-state index in [1.165, 1.54) is 5.56 Å². The van der Waals surface area contributed by atoms with Gasteiger partial charge in [-0.05, 0) is 30.7 Å². The van der Waals surface area contributed by atoms with Crippen LogP contribution in [0.2, 0.25) is 0 Å². The van der Waals surface area contributed by atoms with E-state index < -0.39 is 0 Å². The minimum absolute atomic E-state index is 0.246. The predicted molar refractivity (Wildman–Crippen MR) is 131 cm³/mol. The highest BCUT2D eigenvalue weighted by atomic mass is 15.3. The molecule has 33 heavy (non-hydrogen) atoms. The molecule has 6 heteroatoms. The van der Waals surface area contributed by atoms with Crippen molar-refractivity contribution in [3.05, 3.63) is 78.1 Å². The standard InChI is InChI=1S/C27H26N6/c1-17-13-22-29-14-21-25(33(22)32-17)31-24(23(30-21)18-7-5-4-6-8-18)19-9-11-20(12-10-19)27(28)15-26(2,3)16-27/h4-14H,15-16,28H2,1-3H3. The highest BCUT2D eigenvalue weighted by molar-refractivity contribution is 5.85. The van der Waals surface area contributed by atoms with Crippen LogP contribution in [0, 0.1) is 12.3 Å². The second kappa shape index (κ2) is 6.93. The van der Waals surface area contributed by atoms with Gasteiger partial charge in [-0.2, -0.15) is 9.61 Å².